The number of benzene rings is 7. The SMILES string of the molecule is Clc1nc(-c2cccc(-c3ccc4c(-c5cccc6ccccc56)cccc4c3)c2)nc(-c2cccc3c2oc2ccccc23)n1. The zero-order valence-corrected chi connectivity index (χ0v) is 25.2. The molecule has 0 saturated heterocycles. The molecule has 0 radical (unpaired) electrons. The van der Waals surface area contributed by atoms with Crippen LogP contribution in [0.25, 0.3) is 88.5 Å². The topological polar surface area (TPSA) is 51.8 Å². The molecule has 0 aliphatic rings. The van der Waals surface area contributed by atoms with Gasteiger partial charge in [0.2, 0.25) is 5.28 Å². The molecule has 7 aromatic carbocycles. The second-order valence-corrected chi connectivity index (χ2v) is 11.7. The molecule has 0 bridgehead atoms. The van der Waals surface area contributed by atoms with Gasteiger partial charge < -0.3 is 4.42 Å². The Morgan fingerprint density at radius 2 is 1.02 bits per heavy atom. The van der Waals surface area contributed by atoms with Crippen LogP contribution in [0.15, 0.2) is 150 Å². The van der Waals surface area contributed by atoms with Crippen LogP contribution in [0.5, 0.6) is 0 Å². The van der Waals surface area contributed by atoms with Crippen molar-refractivity contribution in [3.8, 4) is 45.0 Å². The van der Waals surface area contributed by atoms with Gasteiger partial charge in [-0.3, -0.25) is 0 Å². The summed E-state index contributed by atoms with van der Waals surface area (Å²) in [5.41, 5.74) is 7.80. The van der Waals surface area contributed by atoms with Crippen LogP contribution < -0.4 is 0 Å². The van der Waals surface area contributed by atoms with Crippen molar-refractivity contribution in [2.45, 2.75) is 0 Å². The Hall–Kier alpha value is -5.84. The lowest BCUT2D eigenvalue weighted by atomic mass is 9.92. The van der Waals surface area contributed by atoms with E-state index < -0.39 is 0 Å². The fourth-order valence-electron chi connectivity index (χ4n) is 6.52. The fourth-order valence-corrected chi connectivity index (χ4v) is 6.68. The molecule has 5 heteroatoms. The molecule has 9 aromatic rings. The normalized spacial score (nSPS) is 11.6. The Kier molecular flexibility index (Phi) is 6.15. The summed E-state index contributed by atoms with van der Waals surface area (Å²) in [5.74, 6) is 0.973. The van der Waals surface area contributed by atoms with Gasteiger partial charge in [0, 0.05) is 16.3 Å². The number of aromatic nitrogens is 3. The number of fused-ring (bicyclic) bond motifs is 5. The quantitative estimate of drug-likeness (QED) is 0.199. The summed E-state index contributed by atoms with van der Waals surface area (Å²) in [7, 11) is 0. The van der Waals surface area contributed by atoms with Crippen molar-refractivity contribution in [1.29, 1.82) is 0 Å². The summed E-state index contributed by atoms with van der Waals surface area (Å²) in [6, 6.07) is 50.4. The van der Waals surface area contributed by atoms with Gasteiger partial charge in [-0.2, -0.15) is 9.97 Å². The first-order valence-corrected chi connectivity index (χ1v) is 15.5. The van der Waals surface area contributed by atoms with Gasteiger partial charge in [-0.05, 0) is 79.7 Å². The van der Waals surface area contributed by atoms with Crippen LogP contribution in [-0.4, -0.2) is 15.0 Å². The van der Waals surface area contributed by atoms with Gasteiger partial charge in [0.05, 0.1) is 5.56 Å². The van der Waals surface area contributed by atoms with Gasteiger partial charge in [0.15, 0.2) is 11.6 Å². The molecule has 0 spiro atoms. The molecule has 4 nitrogen and oxygen atoms in total. The molecule has 0 unspecified atom stereocenters. The van der Waals surface area contributed by atoms with Crippen molar-refractivity contribution in [3.63, 3.8) is 0 Å². The van der Waals surface area contributed by atoms with Crippen molar-refractivity contribution in [3.05, 3.63) is 151 Å². The Bertz CT molecular complexity index is 2620. The third kappa shape index (κ3) is 4.42. The Labute approximate surface area is 269 Å². The summed E-state index contributed by atoms with van der Waals surface area (Å²) in [5, 5.41) is 7.07. The van der Waals surface area contributed by atoms with Crippen molar-refractivity contribution in [1.82, 2.24) is 15.0 Å². The molecule has 0 aliphatic heterocycles. The van der Waals surface area contributed by atoms with Crippen LogP contribution in [0.4, 0.5) is 0 Å². The summed E-state index contributed by atoms with van der Waals surface area (Å²) in [4.78, 5) is 13.9. The fraction of sp³-hybridized carbons (Fsp3) is 0. The Balaban J connectivity index is 1.12. The molecule has 0 saturated carbocycles. The molecular formula is C41H24ClN3O. The molecule has 0 atom stereocenters. The summed E-state index contributed by atoms with van der Waals surface area (Å²) >= 11 is 6.51. The lowest BCUT2D eigenvalue weighted by molar-refractivity contribution is 0.669. The molecule has 2 aromatic heterocycles. The largest absolute Gasteiger partial charge is 0.455 e. The smallest absolute Gasteiger partial charge is 0.226 e. The zero-order chi connectivity index (χ0) is 30.6. The average molecular weight is 610 g/mol. The standard InChI is InChI=1S/C41H24ClN3O/c42-41-44-39(43-40(45-41)36-19-8-18-35-34-15-3-4-20-37(34)46-38(35)36)29-13-5-11-26(24-29)27-21-22-31-28(23-27)12-7-17-33(31)32-16-6-10-25-9-1-2-14-30(25)32/h1-24H. The minimum Gasteiger partial charge on any atom is -0.455 e. The lowest BCUT2D eigenvalue weighted by Gasteiger charge is -2.12. The maximum atomic E-state index is 6.51. The highest BCUT2D eigenvalue weighted by molar-refractivity contribution is 6.28. The van der Waals surface area contributed by atoms with Gasteiger partial charge in [-0.25, -0.2) is 4.98 Å². The van der Waals surface area contributed by atoms with E-state index in [2.05, 4.69) is 107 Å². The van der Waals surface area contributed by atoms with Gasteiger partial charge in [-0.1, -0.05) is 121 Å². The Morgan fingerprint density at radius 3 is 1.91 bits per heavy atom. The van der Waals surface area contributed by atoms with Crippen LogP contribution >= 0.6 is 11.6 Å². The number of hydrogen-bond acceptors (Lipinski definition) is 4. The monoisotopic (exact) mass is 609 g/mol. The highest BCUT2D eigenvalue weighted by Crippen LogP contribution is 2.37. The predicted octanol–water partition coefficient (Wildman–Crippen LogP) is 11.4. The minimum absolute atomic E-state index is 0.130. The minimum atomic E-state index is 0.130. The molecule has 46 heavy (non-hydrogen) atoms. The number of hydrogen-bond donors (Lipinski definition) is 0. The maximum Gasteiger partial charge on any atom is 0.226 e. The third-order valence-corrected chi connectivity index (χ3v) is 8.84. The van der Waals surface area contributed by atoms with Gasteiger partial charge >= 0.3 is 0 Å². The molecular weight excluding hydrogens is 586 g/mol. The predicted molar refractivity (Wildman–Crippen MR) is 189 cm³/mol. The van der Waals surface area contributed by atoms with E-state index in [0.29, 0.717) is 11.6 Å². The van der Waals surface area contributed by atoms with Crippen molar-refractivity contribution < 1.29 is 4.42 Å². The van der Waals surface area contributed by atoms with E-state index in [1.807, 2.05) is 48.5 Å². The van der Waals surface area contributed by atoms with E-state index in [1.54, 1.807) is 0 Å². The van der Waals surface area contributed by atoms with E-state index in [4.69, 9.17) is 21.0 Å². The van der Waals surface area contributed by atoms with Crippen LogP contribution in [0.1, 0.15) is 0 Å². The molecule has 0 fully saturated rings. The second-order valence-electron chi connectivity index (χ2n) is 11.4. The maximum absolute atomic E-state index is 6.51. The van der Waals surface area contributed by atoms with E-state index in [-0.39, 0.29) is 5.28 Å². The molecule has 0 amide bonds. The van der Waals surface area contributed by atoms with Gasteiger partial charge in [0.25, 0.3) is 0 Å². The van der Waals surface area contributed by atoms with E-state index >= 15 is 0 Å². The van der Waals surface area contributed by atoms with Crippen molar-refractivity contribution >= 4 is 55.1 Å². The van der Waals surface area contributed by atoms with Gasteiger partial charge in [-0.15, -0.1) is 0 Å². The molecule has 0 aliphatic carbocycles. The lowest BCUT2D eigenvalue weighted by Crippen LogP contribution is -1.97. The van der Waals surface area contributed by atoms with E-state index in [0.717, 1.165) is 44.2 Å². The molecule has 9 rings (SSSR count). The number of nitrogens with zero attached hydrogens (tertiary/aromatic N) is 3. The Morgan fingerprint density at radius 1 is 0.413 bits per heavy atom. The van der Waals surface area contributed by atoms with Crippen LogP contribution in [0.2, 0.25) is 5.28 Å². The van der Waals surface area contributed by atoms with E-state index in [9.17, 15) is 0 Å². The van der Waals surface area contributed by atoms with Crippen LogP contribution in [-0.2, 0) is 0 Å². The number of rotatable bonds is 4. The molecule has 2 heterocycles. The van der Waals surface area contributed by atoms with Crippen LogP contribution in [0, 0.1) is 0 Å². The third-order valence-electron chi connectivity index (χ3n) is 8.67. The highest BCUT2D eigenvalue weighted by Gasteiger charge is 2.17. The summed E-state index contributed by atoms with van der Waals surface area (Å²) in [6.07, 6.45) is 0. The zero-order valence-electron chi connectivity index (χ0n) is 24.5. The van der Waals surface area contributed by atoms with Crippen molar-refractivity contribution in [2.75, 3.05) is 0 Å². The average Bonchev–Trinajstić information content (AvgIpc) is 3.50. The first-order chi connectivity index (χ1) is 22.7. The number of furan rings is 1. The first-order valence-electron chi connectivity index (χ1n) is 15.1. The van der Waals surface area contributed by atoms with Crippen molar-refractivity contribution in [2.24, 2.45) is 0 Å². The molecule has 0 N–H and O–H groups in total. The summed E-state index contributed by atoms with van der Waals surface area (Å²) < 4.78 is 6.25. The second kappa shape index (κ2) is 10.7. The van der Waals surface area contributed by atoms with Gasteiger partial charge in [0.1, 0.15) is 11.2 Å². The first kappa shape index (κ1) is 26.6. The summed E-state index contributed by atoms with van der Waals surface area (Å²) in [6.45, 7) is 0. The highest BCUT2D eigenvalue weighted by atomic mass is 35.5. The van der Waals surface area contributed by atoms with Crippen LogP contribution in [0.3, 0.4) is 0 Å². The van der Waals surface area contributed by atoms with E-state index in [1.165, 1.54) is 32.7 Å². The number of para-hydroxylation sites is 2. The molecule has 216 valence electrons. The number of halogens is 1.